The van der Waals surface area contributed by atoms with Crippen molar-refractivity contribution in [2.45, 2.75) is 63.8 Å². The Morgan fingerprint density at radius 1 is 1.25 bits per heavy atom. The first-order chi connectivity index (χ1) is 9.36. The Labute approximate surface area is 122 Å². The summed E-state index contributed by atoms with van der Waals surface area (Å²) in [6, 6.07) is 4.75. The van der Waals surface area contributed by atoms with Crippen molar-refractivity contribution in [2.75, 3.05) is 5.73 Å². The average molecular weight is 298 g/mol. The fourth-order valence-electron chi connectivity index (χ4n) is 2.08. The normalized spacial score (nSPS) is 13.3. The molecule has 1 atom stereocenters. The highest BCUT2D eigenvalue weighted by atomic mass is 32.2. The lowest BCUT2D eigenvalue weighted by Crippen LogP contribution is -2.32. The summed E-state index contributed by atoms with van der Waals surface area (Å²) in [7, 11) is -3.45. The molecule has 0 saturated carbocycles. The van der Waals surface area contributed by atoms with Gasteiger partial charge in [0.25, 0.3) is 0 Å². The molecular weight excluding hydrogens is 272 g/mol. The number of nitrogen functional groups attached to an aromatic ring is 1. The van der Waals surface area contributed by atoms with E-state index < -0.39 is 10.0 Å². The fraction of sp³-hybridized carbons (Fsp3) is 0.600. The predicted molar refractivity (Wildman–Crippen MR) is 84.1 cm³/mol. The number of hydrogen-bond acceptors (Lipinski definition) is 3. The van der Waals surface area contributed by atoms with E-state index in [9.17, 15) is 8.42 Å². The molecule has 0 amide bonds. The van der Waals surface area contributed by atoms with Gasteiger partial charge in [-0.1, -0.05) is 32.6 Å². The number of nitrogens with one attached hydrogen (secondary N) is 1. The van der Waals surface area contributed by atoms with Crippen molar-refractivity contribution in [1.82, 2.24) is 4.72 Å². The van der Waals surface area contributed by atoms with E-state index >= 15 is 0 Å². The van der Waals surface area contributed by atoms with Crippen molar-refractivity contribution >= 4 is 15.7 Å². The summed E-state index contributed by atoms with van der Waals surface area (Å²) < 4.78 is 27.2. The van der Waals surface area contributed by atoms with Crippen molar-refractivity contribution in [3.63, 3.8) is 0 Å². The van der Waals surface area contributed by atoms with Crippen LogP contribution < -0.4 is 10.5 Å². The Balaban J connectivity index is 2.62. The number of anilines is 1. The number of unbranched alkanes of at least 4 members (excludes halogenated alkanes) is 3. The van der Waals surface area contributed by atoms with Crippen molar-refractivity contribution in [1.29, 1.82) is 0 Å². The second kappa shape index (κ2) is 7.64. The Morgan fingerprint density at radius 3 is 2.55 bits per heavy atom. The Morgan fingerprint density at radius 2 is 1.95 bits per heavy atom. The molecule has 0 heterocycles. The molecule has 0 bridgehead atoms. The molecule has 1 unspecified atom stereocenters. The maximum absolute atomic E-state index is 12.2. The van der Waals surface area contributed by atoms with Crippen molar-refractivity contribution in [2.24, 2.45) is 0 Å². The summed E-state index contributed by atoms with van der Waals surface area (Å²) in [6.07, 6.45) is 5.47. The molecule has 0 aliphatic rings. The van der Waals surface area contributed by atoms with Gasteiger partial charge in [0.2, 0.25) is 10.0 Å². The van der Waals surface area contributed by atoms with Crippen molar-refractivity contribution < 1.29 is 8.42 Å². The molecule has 0 aliphatic heterocycles. The smallest absolute Gasteiger partial charge is 0.240 e. The number of hydrogen-bond donors (Lipinski definition) is 2. The van der Waals surface area contributed by atoms with Crippen LogP contribution in [-0.4, -0.2) is 14.5 Å². The lowest BCUT2D eigenvalue weighted by Gasteiger charge is -2.14. The van der Waals surface area contributed by atoms with Gasteiger partial charge in [0.05, 0.1) is 4.90 Å². The van der Waals surface area contributed by atoms with E-state index in [1.165, 1.54) is 12.8 Å². The summed E-state index contributed by atoms with van der Waals surface area (Å²) in [6.45, 7) is 5.88. The van der Waals surface area contributed by atoms with Gasteiger partial charge in [-0.15, -0.1) is 0 Å². The zero-order valence-electron chi connectivity index (χ0n) is 12.6. The number of nitrogens with two attached hydrogens (primary N) is 1. The van der Waals surface area contributed by atoms with E-state index in [1.54, 1.807) is 18.2 Å². The third-order valence-electron chi connectivity index (χ3n) is 3.40. The number of aryl methyl sites for hydroxylation is 1. The summed E-state index contributed by atoms with van der Waals surface area (Å²) in [5.74, 6) is 0. The first-order valence-electron chi connectivity index (χ1n) is 7.25. The van der Waals surface area contributed by atoms with Gasteiger partial charge in [-0.3, -0.25) is 0 Å². The second-order valence-electron chi connectivity index (χ2n) is 5.39. The minimum absolute atomic E-state index is 0.0466. The molecule has 114 valence electrons. The number of benzene rings is 1. The van der Waals surface area contributed by atoms with E-state index in [2.05, 4.69) is 11.6 Å². The molecule has 3 N–H and O–H groups in total. The van der Waals surface area contributed by atoms with Gasteiger partial charge >= 0.3 is 0 Å². The fourth-order valence-corrected chi connectivity index (χ4v) is 3.45. The molecule has 1 rings (SSSR count). The molecule has 1 aromatic rings. The molecule has 1 aromatic carbocycles. The van der Waals surface area contributed by atoms with Crippen LogP contribution in [0.1, 0.15) is 51.5 Å². The Hall–Kier alpha value is -1.07. The van der Waals surface area contributed by atoms with Crippen LogP contribution in [0.3, 0.4) is 0 Å². The first-order valence-corrected chi connectivity index (χ1v) is 8.73. The molecule has 0 fully saturated rings. The third kappa shape index (κ3) is 5.13. The molecular formula is C15H26N2O2S. The molecule has 0 aliphatic carbocycles. The Kier molecular flexibility index (Phi) is 6.49. The zero-order chi connectivity index (χ0) is 15.2. The molecule has 0 saturated heterocycles. The van der Waals surface area contributed by atoms with Crippen LogP contribution in [0.5, 0.6) is 0 Å². The van der Waals surface area contributed by atoms with E-state index in [1.807, 2.05) is 13.8 Å². The van der Waals surface area contributed by atoms with E-state index in [4.69, 9.17) is 5.73 Å². The standard InChI is InChI=1S/C15H26N2O2S/c1-4-5-6-7-8-13(3)17-20(18,19)14-9-10-15(16)12(2)11-14/h9-11,13,17H,4-8,16H2,1-3H3. The van der Waals surface area contributed by atoms with Crippen LogP contribution in [0, 0.1) is 6.92 Å². The molecule has 0 spiro atoms. The van der Waals surface area contributed by atoms with Gasteiger partial charge < -0.3 is 5.73 Å². The summed E-state index contributed by atoms with van der Waals surface area (Å²) in [5.41, 5.74) is 7.10. The van der Waals surface area contributed by atoms with Crippen LogP contribution in [-0.2, 0) is 10.0 Å². The predicted octanol–water partition coefficient (Wildman–Crippen LogP) is 3.21. The minimum atomic E-state index is -3.45. The Bertz CT molecular complexity index is 527. The van der Waals surface area contributed by atoms with Gasteiger partial charge in [-0.05, 0) is 44.0 Å². The quantitative estimate of drug-likeness (QED) is 0.572. The monoisotopic (exact) mass is 298 g/mol. The highest BCUT2D eigenvalue weighted by Gasteiger charge is 2.17. The lowest BCUT2D eigenvalue weighted by molar-refractivity contribution is 0.522. The molecule has 0 aromatic heterocycles. The van der Waals surface area contributed by atoms with Crippen LogP contribution in [0.15, 0.2) is 23.1 Å². The summed E-state index contributed by atoms with van der Waals surface area (Å²) in [4.78, 5) is 0.282. The number of rotatable bonds is 8. The average Bonchev–Trinajstić information content (AvgIpc) is 2.37. The van der Waals surface area contributed by atoms with Crippen LogP contribution in [0.4, 0.5) is 5.69 Å². The van der Waals surface area contributed by atoms with Crippen molar-refractivity contribution in [3.05, 3.63) is 23.8 Å². The molecule has 0 radical (unpaired) electrons. The maximum Gasteiger partial charge on any atom is 0.240 e. The SMILES string of the molecule is CCCCCCC(C)NS(=O)(=O)c1ccc(N)c(C)c1. The van der Waals surface area contributed by atoms with Gasteiger partial charge in [-0.25, -0.2) is 13.1 Å². The lowest BCUT2D eigenvalue weighted by atomic mass is 10.1. The largest absolute Gasteiger partial charge is 0.399 e. The summed E-state index contributed by atoms with van der Waals surface area (Å²) >= 11 is 0. The van der Waals surface area contributed by atoms with Gasteiger partial charge in [-0.2, -0.15) is 0 Å². The van der Waals surface area contributed by atoms with Gasteiger partial charge in [0, 0.05) is 11.7 Å². The van der Waals surface area contributed by atoms with E-state index in [0.717, 1.165) is 24.8 Å². The van der Waals surface area contributed by atoms with Gasteiger partial charge in [0.1, 0.15) is 0 Å². The van der Waals surface area contributed by atoms with E-state index in [-0.39, 0.29) is 10.9 Å². The van der Waals surface area contributed by atoms with Gasteiger partial charge in [0.15, 0.2) is 0 Å². The highest BCUT2D eigenvalue weighted by Crippen LogP contribution is 2.17. The molecule has 20 heavy (non-hydrogen) atoms. The topological polar surface area (TPSA) is 72.2 Å². The van der Waals surface area contributed by atoms with Crippen molar-refractivity contribution in [3.8, 4) is 0 Å². The van der Waals surface area contributed by atoms with Crippen LogP contribution in [0.2, 0.25) is 0 Å². The minimum Gasteiger partial charge on any atom is -0.399 e. The summed E-state index contributed by atoms with van der Waals surface area (Å²) in [5, 5.41) is 0. The maximum atomic E-state index is 12.2. The zero-order valence-corrected chi connectivity index (χ0v) is 13.5. The second-order valence-corrected chi connectivity index (χ2v) is 7.10. The van der Waals surface area contributed by atoms with Crippen LogP contribution >= 0.6 is 0 Å². The number of sulfonamides is 1. The third-order valence-corrected chi connectivity index (χ3v) is 4.99. The first kappa shape index (κ1) is 17.0. The molecule has 5 heteroatoms. The van der Waals surface area contributed by atoms with E-state index in [0.29, 0.717) is 5.69 Å². The van der Waals surface area contributed by atoms with Crippen LogP contribution in [0.25, 0.3) is 0 Å². The molecule has 4 nitrogen and oxygen atoms in total. The highest BCUT2D eigenvalue weighted by molar-refractivity contribution is 7.89.